The van der Waals surface area contributed by atoms with Gasteiger partial charge in [-0.2, -0.15) is 0 Å². The van der Waals surface area contributed by atoms with Gasteiger partial charge in [0.2, 0.25) is 0 Å². The van der Waals surface area contributed by atoms with Crippen LogP contribution in [0.3, 0.4) is 0 Å². The van der Waals surface area contributed by atoms with Gasteiger partial charge in [-0.1, -0.05) is 6.07 Å². The fraction of sp³-hybridized carbons (Fsp3) is 0.286. The highest BCUT2D eigenvalue weighted by Gasteiger charge is 2.10. The highest BCUT2D eigenvalue weighted by atomic mass is 16.5. The fourth-order valence-electron chi connectivity index (χ4n) is 1.75. The van der Waals surface area contributed by atoms with Crippen LogP contribution in [0.15, 0.2) is 35.4 Å². The van der Waals surface area contributed by atoms with E-state index in [0.29, 0.717) is 11.4 Å². The van der Waals surface area contributed by atoms with Crippen LogP contribution in [0, 0.1) is 6.92 Å². The number of aromatic nitrogens is 2. The fourth-order valence-corrected chi connectivity index (χ4v) is 1.75. The van der Waals surface area contributed by atoms with Crippen LogP contribution in [0.4, 0.5) is 5.69 Å². The highest BCUT2D eigenvalue weighted by molar-refractivity contribution is 5.55. The summed E-state index contributed by atoms with van der Waals surface area (Å²) in [5.74, 6) is 0.475. The van der Waals surface area contributed by atoms with Gasteiger partial charge in [-0.15, -0.1) is 0 Å². The second-order valence-electron chi connectivity index (χ2n) is 4.68. The van der Waals surface area contributed by atoms with E-state index < -0.39 is 0 Å². The first-order chi connectivity index (χ1) is 8.99. The predicted octanol–water partition coefficient (Wildman–Crippen LogP) is 2.51. The Hall–Kier alpha value is -2.30. The van der Waals surface area contributed by atoms with Crippen LogP contribution < -0.4 is 16.0 Å². The zero-order chi connectivity index (χ0) is 14.0. The zero-order valence-corrected chi connectivity index (χ0v) is 11.3. The average Bonchev–Trinajstić information content (AvgIpc) is 2.34. The van der Waals surface area contributed by atoms with Gasteiger partial charge in [0.1, 0.15) is 0 Å². The predicted molar refractivity (Wildman–Crippen MR) is 74.5 cm³/mol. The van der Waals surface area contributed by atoms with Crippen molar-refractivity contribution < 1.29 is 4.74 Å². The van der Waals surface area contributed by atoms with Crippen molar-refractivity contribution in [3.05, 3.63) is 46.5 Å². The molecule has 100 valence electrons. The van der Waals surface area contributed by atoms with E-state index in [1.54, 1.807) is 29.1 Å². The third-order valence-electron chi connectivity index (χ3n) is 2.76. The molecule has 0 aliphatic rings. The molecule has 1 aromatic heterocycles. The van der Waals surface area contributed by atoms with Crippen LogP contribution in [-0.4, -0.2) is 9.55 Å². The summed E-state index contributed by atoms with van der Waals surface area (Å²) in [6, 6.07) is 5.45. The van der Waals surface area contributed by atoms with E-state index in [1.807, 2.05) is 26.8 Å². The molecule has 0 saturated carbocycles. The Morgan fingerprint density at radius 3 is 2.74 bits per heavy atom. The standard InChI is InChI=1S/C14H17N3O2/c1-9(2)17-7-6-16-13(14(17)18)19-12-5-4-10(3)8-11(12)15/h4-9H,15H2,1-3H3. The monoisotopic (exact) mass is 259 g/mol. The summed E-state index contributed by atoms with van der Waals surface area (Å²) in [6.07, 6.45) is 3.18. The summed E-state index contributed by atoms with van der Waals surface area (Å²) in [6.45, 7) is 5.78. The molecule has 0 aliphatic carbocycles. The molecule has 0 fully saturated rings. The van der Waals surface area contributed by atoms with Crippen molar-refractivity contribution >= 4 is 5.69 Å². The lowest BCUT2D eigenvalue weighted by atomic mass is 10.2. The number of benzene rings is 1. The van der Waals surface area contributed by atoms with Crippen molar-refractivity contribution in [2.45, 2.75) is 26.8 Å². The Labute approximate surface area is 111 Å². The third-order valence-corrected chi connectivity index (χ3v) is 2.76. The number of rotatable bonds is 3. The molecular formula is C14H17N3O2. The Morgan fingerprint density at radius 2 is 2.11 bits per heavy atom. The molecular weight excluding hydrogens is 242 g/mol. The van der Waals surface area contributed by atoms with Crippen LogP contribution in [-0.2, 0) is 0 Å². The first kappa shape index (κ1) is 13.1. The van der Waals surface area contributed by atoms with E-state index in [-0.39, 0.29) is 17.5 Å². The molecule has 1 heterocycles. The van der Waals surface area contributed by atoms with Crippen molar-refractivity contribution in [2.24, 2.45) is 0 Å². The number of nitrogen functional groups attached to an aromatic ring is 1. The Bertz CT molecular complexity index is 647. The molecule has 0 atom stereocenters. The Balaban J connectivity index is 2.39. The zero-order valence-electron chi connectivity index (χ0n) is 11.3. The minimum absolute atomic E-state index is 0.0340. The van der Waals surface area contributed by atoms with Crippen LogP contribution in [0.2, 0.25) is 0 Å². The van der Waals surface area contributed by atoms with Gasteiger partial charge in [0.05, 0.1) is 5.69 Å². The SMILES string of the molecule is Cc1ccc(Oc2nccn(C(C)C)c2=O)c(N)c1. The number of aryl methyl sites for hydroxylation is 1. The number of nitrogens with two attached hydrogens (primary N) is 1. The maximum Gasteiger partial charge on any atom is 0.313 e. The van der Waals surface area contributed by atoms with Crippen LogP contribution in [0.1, 0.15) is 25.5 Å². The van der Waals surface area contributed by atoms with Crippen molar-refractivity contribution in [2.75, 3.05) is 5.73 Å². The second-order valence-corrected chi connectivity index (χ2v) is 4.68. The maximum atomic E-state index is 12.1. The van der Waals surface area contributed by atoms with Gasteiger partial charge in [0, 0.05) is 18.4 Å². The van der Waals surface area contributed by atoms with E-state index in [2.05, 4.69) is 4.98 Å². The van der Waals surface area contributed by atoms with Gasteiger partial charge in [-0.25, -0.2) is 4.98 Å². The summed E-state index contributed by atoms with van der Waals surface area (Å²) in [5.41, 5.74) is 7.11. The van der Waals surface area contributed by atoms with Gasteiger partial charge in [0.15, 0.2) is 5.75 Å². The number of hydrogen-bond donors (Lipinski definition) is 1. The molecule has 0 saturated heterocycles. The molecule has 0 amide bonds. The minimum atomic E-state index is -0.266. The quantitative estimate of drug-likeness (QED) is 0.860. The molecule has 1 aromatic carbocycles. The first-order valence-electron chi connectivity index (χ1n) is 6.10. The molecule has 0 unspecified atom stereocenters. The van der Waals surface area contributed by atoms with E-state index in [0.717, 1.165) is 5.56 Å². The van der Waals surface area contributed by atoms with Crippen molar-refractivity contribution in [1.29, 1.82) is 0 Å². The Kier molecular flexibility index (Phi) is 3.55. The molecule has 5 heteroatoms. The van der Waals surface area contributed by atoms with E-state index in [4.69, 9.17) is 10.5 Å². The molecule has 2 aromatic rings. The lowest BCUT2D eigenvalue weighted by Crippen LogP contribution is -2.23. The Morgan fingerprint density at radius 1 is 1.37 bits per heavy atom. The second kappa shape index (κ2) is 5.14. The van der Waals surface area contributed by atoms with Gasteiger partial charge < -0.3 is 15.0 Å². The number of ether oxygens (including phenoxy) is 1. The first-order valence-corrected chi connectivity index (χ1v) is 6.10. The average molecular weight is 259 g/mol. The smallest absolute Gasteiger partial charge is 0.313 e. The van der Waals surface area contributed by atoms with Gasteiger partial charge in [0.25, 0.3) is 5.88 Å². The van der Waals surface area contributed by atoms with E-state index in [1.165, 1.54) is 0 Å². The minimum Gasteiger partial charge on any atom is -0.432 e. The van der Waals surface area contributed by atoms with Crippen LogP contribution >= 0.6 is 0 Å². The van der Waals surface area contributed by atoms with E-state index in [9.17, 15) is 4.79 Å². The molecule has 2 rings (SSSR count). The molecule has 0 radical (unpaired) electrons. The van der Waals surface area contributed by atoms with Crippen LogP contribution in [0.5, 0.6) is 11.6 Å². The molecule has 5 nitrogen and oxygen atoms in total. The number of nitrogens with zero attached hydrogens (tertiary/aromatic N) is 2. The van der Waals surface area contributed by atoms with Gasteiger partial charge in [-0.3, -0.25) is 4.79 Å². The lowest BCUT2D eigenvalue weighted by molar-refractivity contribution is 0.439. The summed E-state index contributed by atoms with van der Waals surface area (Å²) < 4.78 is 7.08. The molecule has 19 heavy (non-hydrogen) atoms. The largest absolute Gasteiger partial charge is 0.432 e. The molecule has 0 bridgehead atoms. The van der Waals surface area contributed by atoms with Crippen LogP contribution in [0.25, 0.3) is 0 Å². The molecule has 2 N–H and O–H groups in total. The lowest BCUT2D eigenvalue weighted by Gasteiger charge is -2.12. The maximum absolute atomic E-state index is 12.1. The normalized spacial score (nSPS) is 10.7. The summed E-state index contributed by atoms with van der Waals surface area (Å²) in [7, 11) is 0. The number of anilines is 1. The highest BCUT2D eigenvalue weighted by Crippen LogP contribution is 2.25. The topological polar surface area (TPSA) is 70.1 Å². The van der Waals surface area contributed by atoms with Crippen molar-refractivity contribution in [3.8, 4) is 11.6 Å². The van der Waals surface area contributed by atoms with Gasteiger partial charge in [-0.05, 0) is 38.5 Å². The van der Waals surface area contributed by atoms with Gasteiger partial charge >= 0.3 is 5.56 Å². The van der Waals surface area contributed by atoms with Crippen molar-refractivity contribution in [1.82, 2.24) is 9.55 Å². The number of hydrogen-bond acceptors (Lipinski definition) is 4. The molecule has 0 aliphatic heterocycles. The molecule has 0 spiro atoms. The summed E-state index contributed by atoms with van der Waals surface area (Å²) in [4.78, 5) is 16.1. The summed E-state index contributed by atoms with van der Waals surface area (Å²) in [5, 5.41) is 0. The summed E-state index contributed by atoms with van der Waals surface area (Å²) >= 11 is 0. The van der Waals surface area contributed by atoms with Crippen molar-refractivity contribution in [3.63, 3.8) is 0 Å². The van der Waals surface area contributed by atoms with E-state index >= 15 is 0 Å². The third kappa shape index (κ3) is 2.76.